The zero-order valence-electron chi connectivity index (χ0n) is 13.0. The number of anilines is 1. The van der Waals surface area contributed by atoms with Crippen LogP contribution in [0.25, 0.3) is 0 Å². The minimum absolute atomic E-state index is 0.383. The molecule has 1 aromatic carbocycles. The molecule has 0 saturated heterocycles. The van der Waals surface area contributed by atoms with Gasteiger partial charge in [0.1, 0.15) is 5.75 Å². The average Bonchev–Trinajstić information content (AvgIpc) is 2.69. The standard InChI is InChI=1S/C17H24N2O/c1-6-19-12(3)9-15(14(19)5)10-18-16-8-7-11(2)17(20)13(16)4/h7-9,18,20H,6,10H2,1-5H3. The second-order valence-corrected chi connectivity index (χ2v) is 5.40. The molecule has 0 radical (unpaired) electrons. The van der Waals surface area contributed by atoms with Crippen LogP contribution in [0.4, 0.5) is 5.69 Å². The van der Waals surface area contributed by atoms with Crippen LogP contribution in [0.5, 0.6) is 5.75 Å². The smallest absolute Gasteiger partial charge is 0.123 e. The van der Waals surface area contributed by atoms with Crippen LogP contribution in [0.1, 0.15) is 35.0 Å². The minimum atomic E-state index is 0.383. The molecule has 0 fully saturated rings. The molecule has 0 aliphatic heterocycles. The average molecular weight is 272 g/mol. The first-order chi connectivity index (χ1) is 9.45. The highest BCUT2D eigenvalue weighted by molar-refractivity contribution is 5.59. The van der Waals surface area contributed by atoms with Gasteiger partial charge in [-0.15, -0.1) is 0 Å². The number of aromatic nitrogens is 1. The number of hydrogen-bond acceptors (Lipinski definition) is 2. The van der Waals surface area contributed by atoms with Gasteiger partial charge in [-0.3, -0.25) is 0 Å². The third kappa shape index (κ3) is 2.53. The molecular formula is C17H24N2O. The van der Waals surface area contributed by atoms with Crippen molar-refractivity contribution < 1.29 is 5.11 Å². The van der Waals surface area contributed by atoms with Crippen LogP contribution >= 0.6 is 0 Å². The summed E-state index contributed by atoms with van der Waals surface area (Å²) in [6, 6.07) is 6.21. The molecule has 0 aliphatic rings. The van der Waals surface area contributed by atoms with Crippen molar-refractivity contribution >= 4 is 5.69 Å². The van der Waals surface area contributed by atoms with Crippen molar-refractivity contribution in [1.82, 2.24) is 4.57 Å². The summed E-state index contributed by atoms with van der Waals surface area (Å²) in [5, 5.41) is 13.4. The maximum absolute atomic E-state index is 9.98. The van der Waals surface area contributed by atoms with Gasteiger partial charge in [0.2, 0.25) is 0 Å². The molecule has 1 aromatic heterocycles. The van der Waals surface area contributed by atoms with Gasteiger partial charge in [0.15, 0.2) is 0 Å². The normalized spacial score (nSPS) is 10.8. The monoisotopic (exact) mass is 272 g/mol. The van der Waals surface area contributed by atoms with Crippen molar-refractivity contribution in [3.8, 4) is 5.75 Å². The zero-order valence-corrected chi connectivity index (χ0v) is 13.0. The van der Waals surface area contributed by atoms with E-state index in [-0.39, 0.29) is 0 Å². The van der Waals surface area contributed by atoms with E-state index in [0.717, 1.165) is 29.9 Å². The minimum Gasteiger partial charge on any atom is -0.507 e. The molecule has 108 valence electrons. The van der Waals surface area contributed by atoms with Gasteiger partial charge < -0.3 is 15.0 Å². The predicted molar refractivity (Wildman–Crippen MR) is 84.5 cm³/mol. The first-order valence-corrected chi connectivity index (χ1v) is 7.14. The fraction of sp³-hybridized carbons (Fsp3) is 0.412. The Morgan fingerprint density at radius 3 is 2.45 bits per heavy atom. The Balaban J connectivity index is 2.19. The van der Waals surface area contributed by atoms with Crippen molar-refractivity contribution in [3.05, 3.63) is 46.3 Å². The van der Waals surface area contributed by atoms with E-state index in [2.05, 4.69) is 36.7 Å². The summed E-state index contributed by atoms with van der Waals surface area (Å²) in [5.74, 6) is 0.383. The molecule has 2 aromatic rings. The van der Waals surface area contributed by atoms with E-state index in [4.69, 9.17) is 0 Å². The Labute approximate surface area is 121 Å². The van der Waals surface area contributed by atoms with Crippen LogP contribution in [-0.2, 0) is 13.1 Å². The highest BCUT2D eigenvalue weighted by Gasteiger charge is 2.09. The highest BCUT2D eigenvalue weighted by atomic mass is 16.3. The highest BCUT2D eigenvalue weighted by Crippen LogP contribution is 2.28. The first kappa shape index (κ1) is 14.5. The summed E-state index contributed by atoms with van der Waals surface area (Å²) in [6.07, 6.45) is 0. The van der Waals surface area contributed by atoms with E-state index in [0.29, 0.717) is 5.75 Å². The van der Waals surface area contributed by atoms with E-state index >= 15 is 0 Å². The van der Waals surface area contributed by atoms with E-state index in [1.807, 2.05) is 26.0 Å². The topological polar surface area (TPSA) is 37.2 Å². The maximum atomic E-state index is 9.98. The van der Waals surface area contributed by atoms with Gasteiger partial charge in [-0.25, -0.2) is 0 Å². The number of benzene rings is 1. The van der Waals surface area contributed by atoms with E-state index in [9.17, 15) is 5.11 Å². The lowest BCUT2D eigenvalue weighted by atomic mass is 10.1. The molecular weight excluding hydrogens is 248 g/mol. The molecule has 3 heteroatoms. The first-order valence-electron chi connectivity index (χ1n) is 7.14. The molecule has 0 amide bonds. The second-order valence-electron chi connectivity index (χ2n) is 5.40. The largest absolute Gasteiger partial charge is 0.507 e. The van der Waals surface area contributed by atoms with Gasteiger partial charge in [-0.05, 0) is 57.9 Å². The van der Waals surface area contributed by atoms with Gasteiger partial charge in [0.05, 0.1) is 0 Å². The van der Waals surface area contributed by atoms with Crippen molar-refractivity contribution in [3.63, 3.8) is 0 Å². The molecule has 0 saturated carbocycles. The molecule has 20 heavy (non-hydrogen) atoms. The summed E-state index contributed by atoms with van der Waals surface area (Å²) in [6.45, 7) is 12.1. The number of rotatable bonds is 4. The summed E-state index contributed by atoms with van der Waals surface area (Å²) in [5.41, 5.74) is 6.74. The fourth-order valence-electron chi connectivity index (χ4n) is 2.76. The Morgan fingerprint density at radius 1 is 1.15 bits per heavy atom. The molecule has 3 nitrogen and oxygen atoms in total. The van der Waals surface area contributed by atoms with Crippen molar-refractivity contribution in [1.29, 1.82) is 0 Å². The van der Waals surface area contributed by atoms with Gasteiger partial charge in [-0.2, -0.15) is 0 Å². The van der Waals surface area contributed by atoms with Gasteiger partial charge in [-0.1, -0.05) is 6.07 Å². The van der Waals surface area contributed by atoms with Crippen molar-refractivity contribution in [2.45, 2.75) is 47.7 Å². The van der Waals surface area contributed by atoms with Gasteiger partial charge >= 0.3 is 0 Å². The third-order valence-electron chi connectivity index (χ3n) is 4.10. The predicted octanol–water partition coefficient (Wildman–Crippen LogP) is 4.06. The summed E-state index contributed by atoms with van der Waals surface area (Å²) < 4.78 is 2.32. The molecule has 0 unspecified atom stereocenters. The molecule has 0 aliphatic carbocycles. The summed E-state index contributed by atoms with van der Waals surface area (Å²) in [7, 11) is 0. The Hall–Kier alpha value is -1.90. The SMILES string of the molecule is CCn1c(C)cc(CNc2ccc(C)c(O)c2C)c1C. The summed E-state index contributed by atoms with van der Waals surface area (Å²) >= 11 is 0. The molecule has 1 heterocycles. The van der Waals surface area contributed by atoms with Crippen molar-refractivity contribution in [2.24, 2.45) is 0 Å². The Bertz CT molecular complexity index is 626. The lowest BCUT2D eigenvalue weighted by molar-refractivity contribution is 0.467. The van der Waals surface area contributed by atoms with Gasteiger partial charge in [0, 0.05) is 35.7 Å². The van der Waals surface area contributed by atoms with Crippen LogP contribution in [0, 0.1) is 27.7 Å². The molecule has 0 atom stereocenters. The third-order valence-corrected chi connectivity index (χ3v) is 4.10. The molecule has 2 rings (SSSR count). The Morgan fingerprint density at radius 2 is 1.85 bits per heavy atom. The number of phenolic OH excluding ortho intramolecular Hbond substituents is 1. The fourth-order valence-corrected chi connectivity index (χ4v) is 2.76. The maximum Gasteiger partial charge on any atom is 0.123 e. The second kappa shape index (κ2) is 5.61. The lowest BCUT2D eigenvalue weighted by Gasteiger charge is -2.12. The van der Waals surface area contributed by atoms with Crippen LogP contribution in [-0.4, -0.2) is 9.67 Å². The van der Waals surface area contributed by atoms with Crippen LogP contribution in [0.2, 0.25) is 0 Å². The number of hydrogen-bond donors (Lipinski definition) is 2. The van der Waals surface area contributed by atoms with E-state index in [1.165, 1.54) is 17.0 Å². The van der Waals surface area contributed by atoms with Crippen LogP contribution < -0.4 is 5.32 Å². The number of phenols is 1. The summed E-state index contributed by atoms with van der Waals surface area (Å²) in [4.78, 5) is 0. The molecule has 0 spiro atoms. The van der Waals surface area contributed by atoms with Crippen molar-refractivity contribution in [2.75, 3.05) is 5.32 Å². The lowest BCUT2D eigenvalue weighted by Crippen LogP contribution is -2.04. The number of aromatic hydroxyl groups is 1. The molecule has 2 N–H and O–H groups in total. The molecule has 0 bridgehead atoms. The van der Waals surface area contributed by atoms with Gasteiger partial charge in [0.25, 0.3) is 0 Å². The number of aryl methyl sites for hydroxylation is 2. The Kier molecular flexibility index (Phi) is 4.07. The van der Waals surface area contributed by atoms with E-state index in [1.54, 1.807) is 0 Å². The van der Waals surface area contributed by atoms with Crippen LogP contribution in [0.15, 0.2) is 18.2 Å². The zero-order chi connectivity index (χ0) is 14.9. The number of nitrogens with one attached hydrogen (secondary N) is 1. The van der Waals surface area contributed by atoms with E-state index < -0.39 is 0 Å². The number of nitrogens with zero attached hydrogens (tertiary/aromatic N) is 1. The van der Waals surface area contributed by atoms with Crippen LogP contribution in [0.3, 0.4) is 0 Å². The quantitative estimate of drug-likeness (QED) is 0.880.